The first kappa shape index (κ1) is 17.3. The fourth-order valence-corrected chi connectivity index (χ4v) is 3.73. The highest BCUT2D eigenvalue weighted by Gasteiger charge is 2.17. The normalized spacial score (nSPS) is 10.9. The number of amides is 1. The van der Waals surface area contributed by atoms with E-state index in [4.69, 9.17) is 0 Å². The monoisotopic (exact) mass is 352 g/mol. The van der Waals surface area contributed by atoms with Gasteiger partial charge in [-0.1, -0.05) is 37.7 Å². The molecule has 0 radical (unpaired) electrons. The number of carbonyl (C=O) groups is 1. The molecule has 0 fully saturated rings. The molecule has 0 aliphatic rings. The van der Waals surface area contributed by atoms with Gasteiger partial charge in [0.15, 0.2) is 5.65 Å². The molecule has 0 bridgehead atoms. The second-order valence-electron chi connectivity index (χ2n) is 5.75. The van der Waals surface area contributed by atoms with Crippen LogP contribution in [0.15, 0.2) is 35.4 Å². The Balaban J connectivity index is 2.10. The number of imidazole rings is 1. The average Bonchev–Trinajstić information content (AvgIpc) is 3.03. The van der Waals surface area contributed by atoms with Crippen LogP contribution in [0.2, 0.25) is 0 Å². The molecule has 0 aliphatic carbocycles. The molecule has 0 atom stereocenters. The van der Waals surface area contributed by atoms with Crippen LogP contribution in [0, 0.1) is 11.3 Å². The van der Waals surface area contributed by atoms with Gasteiger partial charge in [-0.25, -0.2) is 4.98 Å². The Morgan fingerprint density at radius 1 is 1.36 bits per heavy atom. The highest BCUT2D eigenvalue weighted by atomic mass is 32.2. The molecule has 3 rings (SSSR count). The Kier molecular flexibility index (Phi) is 5.25. The number of nitriles is 1. The molecule has 0 saturated heterocycles. The molecule has 6 heteroatoms. The van der Waals surface area contributed by atoms with Gasteiger partial charge in [0.25, 0.3) is 0 Å². The van der Waals surface area contributed by atoms with Crippen molar-refractivity contribution in [3.8, 4) is 6.07 Å². The number of fused-ring (bicyclic) bond motifs is 3. The molecule has 5 nitrogen and oxygen atoms in total. The first-order valence-corrected chi connectivity index (χ1v) is 9.40. The smallest absolute Gasteiger partial charge is 0.230 e. The number of pyridine rings is 1. The van der Waals surface area contributed by atoms with Crippen molar-refractivity contribution < 1.29 is 4.79 Å². The molecule has 25 heavy (non-hydrogen) atoms. The number of para-hydroxylation sites is 2. The summed E-state index contributed by atoms with van der Waals surface area (Å²) in [6.45, 7) is 4.75. The Hall–Kier alpha value is -2.52. The largest absolute Gasteiger partial charge is 0.355 e. The fraction of sp³-hybridized carbons (Fsp3) is 0.316. The summed E-state index contributed by atoms with van der Waals surface area (Å²) in [6.07, 6.45) is 1.67. The van der Waals surface area contributed by atoms with Gasteiger partial charge in [0.05, 0.1) is 27.4 Å². The van der Waals surface area contributed by atoms with E-state index in [-0.39, 0.29) is 5.91 Å². The zero-order chi connectivity index (χ0) is 17.8. The van der Waals surface area contributed by atoms with Crippen LogP contribution in [-0.4, -0.2) is 27.6 Å². The molecule has 0 saturated carbocycles. The number of thioether (sulfide) groups is 1. The predicted octanol–water partition coefficient (Wildman–Crippen LogP) is 3.54. The van der Waals surface area contributed by atoms with Gasteiger partial charge >= 0.3 is 0 Å². The third-order valence-corrected chi connectivity index (χ3v) is 5.04. The van der Waals surface area contributed by atoms with Crippen molar-refractivity contribution in [3.05, 3.63) is 41.5 Å². The van der Waals surface area contributed by atoms with Gasteiger partial charge in [-0.15, -0.1) is 0 Å². The highest BCUT2D eigenvalue weighted by molar-refractivity contribution is 7.99. The van der Waals surface area contributed by atoms with Crippen LogP contribution in [0.25, 0.3) is 16.7 Å². The summed E-state index contributed by atoms with van der Waals surface area (Å²) in [4.78, 5) is 16.6. The van der Waals surface area contributed by atoms with E-state index < -0.39 is 0 Å². The first-order valence-electron chi connectivity index (χ1n) is 8.42. The van der Waals surface area contributed by atoms with E-state index in [2.05, 4.69) is 16.4 Å². The van der Waals surface area contributed by atoms with Crippen molar-refractivity contribution in [2.75, 3.05) is 12.3 Å². The molecule has 0 unspecified atom stereocenters. The summed E-state index contributed by atoms with van der Waals surface area (Å²) in [7, 11) is 0. The second-order valence-corrected chi connectivity index (χ2v) is 6.74. The number of hydrogen-bond donors (Lipinski definition) is 1. The number of nitrogens with one attached hydrogen (secondary N) is 1. The van der Waals surface area contributed by atoms with Crippen LogP contribution in [0.4, 0.5) is 0 Å². The quantitative estimate of drug-likeness (QED) is 0.689. The third-order valence-electron chi connectivity index (χ3n) is 4.04. The number of aryl methyl sites for hydroxylation is 1. The standard InChI is InChI=1S/C19H20N4OS/c1-3-9-21-17(24)12-25-18-10-13(4-2)14(11-20)19-22-15-7-5-6-8-16(15)23(18)19/h5-8,10H,3-4,9,12H2,1-2H3,(H,21,24). The maximum atomic E-state index is 12.0. The second kappa shape index (κ2) is 7.58. The van der Waals surface area contributed by atoms with Crippen LogP contribution >= 0.6 is 11.8 Å². The molecule has 3 aromatic rings. The van der Waals surface area contributed by atoms with Gasteiger partial charge in [0, 0.05) is 6.54 Å². The Labute approximate surface area is 151 Å². The molecule has 0 spiro atoms. The van der Waals surface area contributed by atoms with Crippen molar-refractivity contribution in [1.29, 1.82) is 5.26 Å². The van der Waals surface area contributed by atoms with Gasteiger partial charge < -0.3 is 5.32 Å². The van der Waals surface area contributed by atoms with Crippen molar-refractivity contribution in [1.82, 2.24) is 14.7 Å². The van der Waals surface area contributed by atoms with Gasteiger partial charge in [-0.3, -0.25) is 9.20 Å². The Bertz CT molecular complexity index is 971. The average molecular weight is 352 g/mol. The molecule has 1 N–H and O–H groups in total. The maximum Gasteiger partial charge on any atom is 0.230 e. The lowest BCUT2D eigenvalue weighted by atomic mass is 10.1. The van der Waals surface area contributed by atoms with Crippen LogP contribution in [0.3, 0.4) is 0 Å². The number of aromatic nitrogens is 2. The molecule has 2 aromatic heterocycles. The predicted molar refractivity (Wildman–Crippen MR) is 101 cm³/mol. The molecule has 128 valence electrons. The Morgan fingerprint density at radius 3 is 2.88 bits per heavy atom. The summed E-state index contributed by atoms with van der Waals surface area (Å²) in [5.74, 6) is 0.364. The van der Waals surface area contributed by atoms with Gasteiger partial charge in [0.1, 0.15) is 6.07 Å². The first-order chi connectivity index (χ1) is 12.2. The lowest BCUT2D eigenvalue weighted by molar-refractivity contribution is -0.118. The summed E-state index contributed by atoms with van der Waals surface area (Å²) in [5.41, 5.74) is 4.04. The van der Waals surface area contributed by atoms with E-state index in [0.29, 0.717) is 23.5 Å². The topological polar surface area (TPSA) is 70.2 Å². The summed E-state index contributed by atoms with van der Waals surface area (Å²) in [6, 6.07) is 12.1. The van der Waals surface area contributed by atoms with Crippen LogP contribution in [0.1, 0.15) is 31.4 Å². The van der Waals surface area contributed by atoms with Crippen molar-refractivity contribution in [3.63, 3.8) is 0 Å². The molecule has 2 heterocycles. The minimum atomic E-state index is 0.0202. The SMILES string of the molecule is CCCNC(=O)CSc1cc(CC)c(C#N)c2nc3ccccc3n12. The van der Waals surface area contributed by atoms with Crippen LogP contribution in [0.5, 0.6) is 0 Å². The molecule has 1 amide bonds. The van der Waals surface area contributed by atoms with Crippen molar-refractivity contribution in [2.45, 2.75) is 31.7 Å². The number of rotatable bonds is 6. The molecule has 1 aromatic carbocycles. The lowest BCUT2D eigenvalue weighted by Crippen LogP contribution is -2.25. The van der Waals surface area contributed by atoms with Crippen LogP contribution in [-0.2, 0) is 11.2 Å². The minimum Gasteiger partial charge on any atom is -0.355 e. The van der Waals surface area contributed by atoms with E-state index in [1.54, 1.807) is 0 Å². The summed E-state index contributed by atoms with van der Waals surface area (Å²) >= 11 is 1.48. The molecular weight excluding hydrogens is 332 g/mol. The van der Waals surface area contributed by atoms with Crippen molar-refractivity contribution in [2.24, 2.45) is 0 Å². The number of nitrogens with zero attached hydrogens (tertiary/aromatic N) is 3. The maximum absolute atomic E-state index is 12.0. The van der Waals surface area contributed by atoms with Crippen molar-refractivity contribution >= 4 is 34.3 Å². The number of hydrogen-bond acceptors (Lipinski definition) is 4. The molecular formula is C19H20N4OS. The zero-order valence-corrected chi connectivity index (χ0v) is 15.2. The summed E-state index contributed by atoms with van der Waals surface area (Å²) < 4.78 is 1.99. The fourth-order valence-electron chi connectivity index (χ4n) is 2.81. The minimum absolute atomic E-state index is 0.0202. The zero-order valence-electron chi connectivity index (χ0n) is 14.4. The summed E-state index contributed by atoms with van der Waals surface area (Å²) in [5, 5.41) is 13.4. The highest BCUT2D eigenvalue weighted by Crippen LogP contribution is 2.29. The third kappa shape index (κ3) is 3.33. The van der Waals surface area contributed by atoms with E-state index >= 15 is 0 Å². The lowest BCUT2D eigenvalue weighted by Gasteiger charge is -2.11. The Morgan fingerprint density at radius 2 is 2.16 bits per heavy atom. The van der Waals surface area contributed by atoms with E-state index in [1.165, 1.54) is 11.8 Å². The van der Waals surface area contributed by atoms with Gasteiger partial charge in [-0.2, -0.15) is 5.26 Å². The van der Waals surface area contributed by atoms with Crippen LogP contribution < -0.4 is 5.32 Å². The molecule has 0 aliphatic heterocycles. The number of benzene rings is 1. The van der Waals surface area contributed by atoms with Gasteiger partial charge in [-0.05, 0) is 36.6 Å². The van der Waals surface area contributed by atoms with Gasteiger partial charge in [0.2, 0.25) is 5.91 Å². The van der Waals surface area contributed by atoms with E-state index in [0.717, 1.165) is 34.5 Å². The van der Waals surface area contributed by atoms with E-state index in [9.17, 15) is 10.1 Å². The van der Waals surface area contributed by atoms with E-state index in [1.807, 2.05) is 48.6 Å². The number of carbonyl (C=O) groups excluding carboxylic acids is 1.